The first-order chi connectivity index (χ1) is 7.85. The fourth-order valence-corrected chi connectivity index (χ4v) is 2.32. The number of rotatable bonds is 4. The Kier molecular flexibility index (Phi) is 3.40. The van der Waals surface area contributed by atoms with Gasteiger partial charge in [-0.15, -0.1) is 11.3 Å². The van der Waals surface area contributed by atoms with Gasteiger partial charge in [-0.25, -0.2) is 0 Å². The van der Waals surface area contributed by atoms with Gasteiger partial charge < -0.3 is 9.73 Å². The Hall–Kier alpha value is -1.57. The Bertz CT molecular complexity index is 507. The first-order valence-electron chi connectivity index (χ1n) is 5.12. The smallest absolute Gasteiger partial charge is 0.126 e. The minimum atomic E-state index is 0.721. The molecule has 0 saturated carbocycles. The van der Waals surface area contributed by atoms with Crippen LogP contribution in [0.15, 0.2) is 28.9 Å². The average molecular weight is 232 g/mol. The molecule has 0 bridgehead atoms. The number of nitrogens with one attached hydrogen (secondary N) is 1. The molecular weight excluding hydrogens is 220 g/mol. The van der Waals surface area contributed by atoms with Crippen molar-refractivity contribution in [2.24, 2.45) is 0 Å². The molecule has 0 amide bonds. The normalized spacial score (nSPS) is 10.2. The van der Waals surface area contributed by atoms with Gasteiger partial charge in [0.15, 0.2) is 0 Å². The summed E-state index contributed by atoms with van der Waals surface area (Å²) in [5, 5.41) is 12.0. The van der Waals surface area contributed by atoms with E-state index in [1.165, 1.54) is 11.3 Å². The molecule has 16 heavy (non-hydrogen) atoms. The third-order valence-corrected chi connectivity index (χ3v) is 3.29. The van der Waals surface area contributed by atoms with Crippen LogP contribution in [0.5, 0.6) is 0 Å². The molecule has 0 aliphatic heterocycles. The van der Waals surface area contributed by atoms with E-state index in [1.807, 2.05) is 18.2 Å². The van der Waals surface area contributed by atoms with Crippen molar-refractivity contribution in [3.05, 3.63) is 35.1 Å². The molecule has 82 valence electrons. The quantitative estimate of drug-likeness (QED) is 0.881. The molecule has 2 rings (SSSR count). The van der Waals surface area contributed by atoms with E-state index in [2.05, 4.69) is 18.3 Å². The number of furan rings is 1. The van der Waals surface area contributed by atoms with E-state index in [-0.39, 0.29) is 0 Å². The van der Waals surface area contributed by atoms with Gasteiger partial charge in [-0.3, -0.25) is 0 Å². The van der Waals surface area contributed by atoms with Gasteiger partial charge in [-0.1, -0.05) is 6.92 Å². The molecule has 0 radical (unpaired) electrons. The Morgan fingerprint density at radius 3 is 3.00 bits per heavy atom. The predicted molar refractivity (Wildman–Crippen MR) is 64.1 cm³/mol. The molecule has 2 aromatic rings. The summed E-state index contributed by atoms with van der Waals surface area (Å²) in [5.74, 6) is 0.924. The van der Waals surface area contributed by atoms with E-state index in [1.54, 1.807) is 6.26 Å². The number of nitrogens with zero attached hydrogens (tertiary/aromatic N) is 1. The number of hydrogen-bond donors (Lipinski definition) is 1. The summed E-state index contributed by atoms with van der Waals surface area (Å²) in [5.41, 5.74) is 1.08. The summed E-state index contributed by atoms with van der Waals surface area (Å²) in [4.78, 5) is 1.81. The maximum atomic E-state index is 8.78. The number of hydrogen-bond acceptors (Lipinski definition) is 4. The second kappa shape index (κ2) is 4.97. The van der Waals surface area contributed by atoms with Crippen LogP contribution in [0.4, 0.5) is 0 Å². The van der Waals surface area contributed by atoms with Crippen LogP contribution < -0.4 is 5.32 Å². The lowest BCUT2D eigenvalue weighted by Gasteiger charge is -2.00. The highest BCUT2D eigenvalue weighted by Gasteiger charge is 2.10. The summed E-state index contributed by atoms with van der Waals surface area (Å²) >= 11 is 1.49. The van der Waals surface area contributed by atoms with E-state index >= 15 is 0 Å². The highest BCUT2D eigenvalue weighted by atomic mass is 32.1. The SMILES string of the molecule is CCNCc1occc1-c1ccc(C#N)s1. The van der Waals surface area contributed by atoms with Crippen LogP contribution in [-0.2, 0) is 6.54 Å². The van der Waals surface area contributed by atoms with Crippen LogP contribution in [0, 0.1) is 11.3 Å². The standard InChI is InChI=1S/C12H12N2OS/c1-2-14-8-11-10(5-6-15-11)12-4-3-9(7-13)16-12/h3-6,14H,2,8H2,1H3. The summed E-state index contributed by atoms with van der Waals surface area (Å²) in [7, 11) is 0. The minimum absolute atomic E-state index is 0.721. The molecule has 0 saturated heterocycles. The van der Waals surface area contributed by atoms with Crippen molar-refractivity contribution in [1.29, 1.82) is 5.26 Å². The van der Waals surface area contributed by atoms with Crippen molar-refractivity contribution < 1.29 is 4.42 Å². The van der Waals surface area contributed by atoms with Crippen LogP contribution in [0.25, 0.3) is 10.4 Å². The lowest BCUT2D eigenvalue weighted by atomic mass is 10.2. The molecule has 2 heterocycles. The maximum Gasteiger partial charge on any atom is 0.126 e. The van der Waals surface area contributed by atoms with Crippen LogP contribution in [-0.4, -0.2) is 6.54 Å². The van der Waals surface area contributed by atoms with E-state index in [4.69, 9.17) is 9.68 Å². The topological polar surface area (TPSA) is 49.0 Å². The molecule has 0 atom stereocenters. The van der Waals surface area contributed by atoms with E-state index in [0.29, 0.717) is 0 Å². The molecule has 2 aromatic heterocycles. The monoisotopic (exact) mass is 232 g/mol. The maximum absolute atomic E-state index is 8.78. The van der Waals surface area contributed by atoms with Crippen molar-refractivity contribution in [3.8, 4) is 16.5 Å². The van der Waals surface area contributed by atoms with E-state index in [9.17, 15) is 0 Å². The zero-order chi connectivity index (χ0) is 11.4. The van der Waals surface area contributed by atoms with Crippen LogP contribution in [0.3, 0.4) is 0 Å². The van der Waals surface area contributed by atoms with Gasteiger partial charge in [0, 0.05) is 10.4 Å². The highest BCUT2D eigenvalue weighted by molar-refractivity contribution is 7.16. The van der Waals surface area contributed by atoms with Crippen LogP contribution in [0.2, 0.25) is 0 Å². The second-order valence-electron chi connectivity index (χ2n) is 3.31. The Morgan fingerprint density at radius 1 is 1.44 bits per heavy atom. The summed E-state index contributed by atoms with van der Waals surface area (Å²) in [6.45, 7) is 3.69. The molecular formula is C12H12N2OS. The van der Waals surface area contributed by atoms with Gasteiger partial charge in [-0.05, 0) is 24.7 Å². The summed E-state index contributed by atoms with van der Waals surface area (Å²) in [6.07, 6.45) is 1.69. The van der Waals surface area contributed by atoms with Crippen molar-refractivity contribution in [2.45, 2.75) is 13.5 Å². The molecule has 3 nitrogen and oxygen atoms in total. The molecule has 0 fully saturated rings. The number of thiophene rings is 1. The largest absolute Gasteiger partial charge is 0.467 e. The van der Waals surface area contributed by atoms with Crippen molar-refractivity contribution in [3.63, 3.8) is 0 Å². The molecule has 0 spiro atoms. The Balaban J connectivity index is 2.26. The molecule has 4 heteroatoms. The highest BCUT2D eigenvalue weighted by Crippen LogP contribution is 2.31. The molecule has 1 N–H and O–H groups in total. The lowest BCUT2D eigenvalue weighted by molar-refractivity contribution is 0.489. The van der Waals surface area contributed by atoms with Gasteiger partial charge in [-0.2, -0.15) is 5.26 Å². The van der Waals surface area contributed by atoms with Crippen LogP contribution in [0.1, 0.15) is 17.6 Å². The van der Waals surface area contributed by atoms with Gasteiger partial charge in [0.25, 0.3) is 0 Å². The first-order valence-corrected chi connectivity index (χ1v) is 5.94. The molecule has 0 aromatic carbocycles. The fraction of sp³-hybridized carbons (Fsp3) is 0.250. The van der Waals surface area contributed by atoms with Crippen molar-refractivity contribution in [2.75, 3.05) is 6.54 Å². The van der Waals surface area contributed by atoms with E-state index < -0.39 is 0 Å². The third kappa shape index (κ3) is 2.16. The number of nitriles is 1. The average Bonchev–Trinajstić information content (AvgIpc) is 2.94. The zero-order valence-electron chi connectivity index (χ0n) is 8.99. The molecule has 0 aliphatic rings. The van der Waals surface area contributed by atoms with Gasteiger partial charge in [0.05, 0.1) is 12.8 Å². The zero-order valence-corrected chi connectivity index (χ0v) is 9.80. The molecule has 0 unspecified atom stereocenters. The Labute approximate surface area is 98.3 Å². The predicted octanol–water partition coefficient (Wildman–Crippen LogP) is 2.99. The minimum Gasteiger partial charge on any atom is -0.467 e. The first kappa shape index (κ1) is 10.9. The van der Waals surface area contributed by atoms with Crippen molar-refractivity contribution >= 4 is 11.3 Å². The van der Waals surface area contributed by atoms with Gasteiger partial charge >= 0.3 is 0 Å². The fourth-order valence-electron chi connectivity index (χ4n) is 1.48. The molecule has 0 aliphatic carbocycles. The van der Waals surface area contributed by atoms with Crippen molar-refractivity contribution in [1.82, 2.24) is 5.32 Å². The van der Waals surface area contributed by atoms with Gasteiger partial charge in [0.1, 0.15) is 16.7 Å². The summed E-state index contributed by atoms with van der Waals surface area (Å²) < 4.78 is 5.43. The summed E-state index contributed by atoms with van der Waals surface area (Å²) in [6, 6.07) is 7.89. The van der Waals surface area contributed by atoms with Crippen LogP contribution >= 0.6 is 11.3 Å². The van der Waals surface area contributed by atoms with Gasteiger partial charge in [0.2, 0.25) is 0 Å². The Morgan fingerprint density at radius 2 is 2.31 bits per heavy atom. The third-order valence-electron chi connectivity index (χ3n) is 2.26. The second-order valence-corrected chi connectivity index (χ2v) is 4.40. The van der Waals surface area contributed by atoms with E-state index in [0.717, 1.165) is 34.2 Å². The lowest BCUT2D eigenvalue weighted by Crippen LogP contribution is -2.11.